The van der Waals surface area contributed by atoms with Crippen LogP contribution in [0.1, 0.15) is 4.88 Å². The van der Waals surface area contributed by atoms with Crippen LogP contribution < -0.4 is 0 Å². The van der Waals surface area contributed by atoms with Crippen LogP contribution in [0.25, 0.3) is 0 Å². The molecule has 0 aliphatic heterocycles. The number of nitrogens with zero attached hydrogens (tertiary/aromatic N) is 2. The molecule has 19 heavy (non-hydrogen) atoms. The summed E-state index contributed by atoms with van der Waals surface area (Å²) in [6, 6.07) is 3.69. The second-order valence-electron chi connectivity index (χ2n) is 4.10. The van der Waals surface area contributed by atoms with E-state index in [9.17, 15) is 9.59 Å². The Labute approximate surface area is 116 Å². The van der Waals surface area contributed by atoms with E-state index in [1.54, 1.807) is 18.4 Å². The zero-order valence-corrected chi connectivity index (χ0v) is 11.7. The van der Waals surface area contributed by atoms with Gasteiger partial charge in [-0.05, 0) is 17.9 Å². The van der Waals surface area contributed by atoms with E-state index >= 15 is 0 Å². The summed E-state index contributed by atoms with van der Waals surface area (Å²) in [6.07, 6.45) is 2.29. The molecule has 0 aliphatic carbocycles. The Balaban J connectivity index is 2.52. The van der Waals surface area contributed by atoms with Crippen LogP contribution in [0, 0.1) is 0 Å². The molecule has 104 valence electrons. The number of hydrogen-bond donors (Lipinski definition) is 1. The first kappa shape index (κ1) is 15.2. The average molecular weight is 282 g/mol. The van der Waals surface area contributed by atoms with Crippen molar-refractivity contribution in [2.24, 2.45) is 0 Å². The van der Waals surface area contributed by atoms with Crippen LogP contribution in [0.2, 0.25) is 0 Å². The third-order valence-corrected chi connectivity index (χ3v) is 3.48. The molecule has 0 saturated carbocycles. The first-order valence-corrected chi connectivity index (χ1v) is 6.77. The average Bonchev–Trinajstić information content (AvgIpc) is 2.87. The van der Waals surface area contributed by atoms with Gasteiger partial charge in [0.05, 0.1) is 0 Å². The Morgan fingerprint density at radius 1 is 1.53 bits per heavy atom. The molecule has 0 saturated heterocycles. The van der Waals surface area contributed by atoms with E-state index in [1.165, 1.54) is 20.8 Å². The van der Waals surface area contributed by atoms with Crippen LogP contribution >= 0.6 is 11.3 Å². The van der Waals surface area contributed by atoms with Crippen LogP contribution in [0.4, 0.5) is 4.79 Å². The number of urea groups is 1. The molecule has 0 fully saturated rings. The summed E-state index contributed by atoms with van der Waals surface area (Å²) in [6.45, 7) is 4.01. The molecule has 0 unspecified atom stereocenters. The predicted octanol–water partition coefficient (Wildman–Crippen LogP) is 1.91. The smallest absolute Gasteiger partial charge is 0.323 e. The van der Waals surface area contributed by atoms with E-state index in [2.05, 4.69) is 6.58 Å². The van der Waals surface area contributed by atoms with Crippen molar-refractivity contribution >= 4 is 23.3 Å². The maximum absolute atomic E-state index is 12.1. The second-order valence-corrected chi connectivity index (χ2v) is 5.13. The number of rotatable bonds is 7. The van der Waals surface area contributed by atoms with E-state index in [0.717, 1.165) is 6.42 Å². The van der Waals surface area contributed by atoms with Gasteiger partial charge < -0.3 is 14.9 Å². The molecule has 1 aromatic heterocycles. The van der Waals surface area contributed by atoms with Gasteiger partial charge in [-0.25, -0.2) is 4.79 Å². The molecule has 0 atom stereocenters. The Kier molecular flexibility index (Phi) is 6.08. The van der Waals surface area contributed by atoms with Crippen molar-refractivity contribution in [1.29, 1.82) is 0 Å². The summed E-state index contributed by atoms with van der Waals surface area (Å²) < 4.78 is 0. The molecule has 6 heteroatoms. The molecule has 2 amide bonds. The standard InChI is InChI=1S/C13H18N2O3S/c1-3-7-15(10-12(16)17)13(18)14(2)8-6-11-5-4-9-19-11/h3-5,9H,1,6-8,10H2,2H3,(H,16,17). The number of carbonyl (C=O) groups excluding carboxylic acids is 1. The monoisotopic (exact) mass is 282 g/mol. The van der Waals surface area contributed by atoms with Gasteiger partial charge >= 0.3 is 12.0 Å². The minimum atomic E-state index is -1.03. The topological polar surface area (TPSA) is 60.9 Å². The minimum Gasteiger partial charge on any atom is -0.480 e. The van der Waals surface area contributed by atoms with Gasteiger partial charge in [-0.2, -0.15) is 0 Å². The lowest BCUT2D eigenvalue weighted by Gasteiger charge is -2.25. The fourth-order valence-electron chi connectivity index (χ4n) is 1.60. The van der Waals surface area contributed by atoms with Crippen LogP contribution in [0.3, 0.4) is 0 Å². The number of hydrogen-bond acceptors (Lipinski definition) is 3. The van der Waals surface area contributed by atoms with Gasteiger partial charge in [-0.15, -0.1) is 17.9 Å². The van der Waals surface area contributed by atoms with Gasteiger partial charge in [-0.1, -0.05) is 12.1 Å². The van der Waals surface area contributed by atoms with Gasteiger partial charge in [0.2, 0.25) is 0 Å². The highest BCUT2D eigenvalue weighted by Gasteiger charge is 2.19. The van der Waals surface area contributed by atoms with Crippen LogP contribution in [-0.4, -0.2) is 53.6 Å². The van der Waals surface area contributed by atoms with Gasteiger partial charge in [0.15, 0.2) is 0 Å². The maximum Gasteiger partial charge on any atom is 0.323 e. The Bertz CT molecular complexity index is 431. The Hall–Kier alpha value is -1.82. The highest BCUT2D eigenvalue weighted by Crippen LogP contribution is 2.10. The van der Waals surface area contributed by atoms with E-state index in [0.29, 0.717) is 6.54 Å². The summed E-state index contributed by atoms with van der Waals surface area (Å²) in [5, 5.41) is 10.8. The zero-order chi connectivity index (χ0) is 14.3. The molecular weight excluding hydrogens is 264 g/mol. The van der Waals surface area contributed by atoms with Crippen LogP contribution in [0.5, 0.6) is 0 Å². The van der Waals surface area contributed by atoms with Crippen molar-refractivity contribution in [3.8, 4) is 0 Å². The van der Waals surface area contributed by atoms with Crippen molar-refractivity contribution < 1.29 is 14.7 Å². The van der Waals surface area contributed by atoms with E-state index in [1.807, 2.05) is 17.5 Å². The van der Waals surface area contributed by atoms with Crippen molar-refractivity contribution in [1.82, 2.24) is 9.80 Å². The number of carbonyl (C=O) groups is 2. The van der Waals surface area contributed by atoms with Crippen LogP contribution in [-0.2, 0) is 11.2 Å². The number of amides is 2. The molecule has 0 aliphatic rings. The summed E-state index contributed by atoms with van der Waals surface area (Å²) in [5.74, 6) is -1.03. The minimum absolute atomic E-state index is 0.231. The van der Waals surface area contributed by atoms with Gasteiger partial charge in [0.25, 0.3) is 0 Å². The Morgan fingerprint density at radius 3 is 2.79 bits per heavy atom. The van der Waals surface area contributed by atoms with Gasteiger partial charge in [-0.3, -0.25) is 4.79 Å². The molecule has 1 N–H and O–H groups in total. The number of carboxylic acid groups (broad SMARTS) is 1. The lowest BCUT2D eigenvalue weighted by atomic mass is 10.3. The molecule has 0 spiro atoms. The SMILES string of the molecule is C=CCN(CC(=O)O)C(=O)N(C)CCc1cccs1. The molecule has 1 heterocycles. The van der Waals surface area contributed by atoms with E-state index in [-0.39, 0.29) is 19.1 Å². The summed E-state index contributed by atoms with van der Waals surface area (Å²) in [4.78, 5) is 26.8. The highest BCUT2D eigenvalue weighted by molar-refractivity contribution is 7.09. The summed E-state index contributed by atoms with van der Waals surface area (Å²) >= 11 is 1.64. The molecule has 0 radical (unpaired) electrons. The van der Waals surface area contributed by atoms with Gasteiger partial charge in [0.1, 0.15) is 6.54 Å². The fraction of sp³-hybridized carbons (Fsp3) is 0.385. The summed E-state index contributed by atoms with van der Waals surface area (Å²) in [5.41, 5.74) is 0. The molecule has 0 bridgehead atoms. The van der Waals surface area contributed by atoms with Crippen LogP contribution in [0.15, 0.2) is 30.2 Å². The molecule has 0 aromatic carbocycles. The Morgan fingerprint density at radius 2 is 2.26 bits per heavy atom. The second kappa shape index (κ2) is 7.58. The van der Waals surface area contributed by atoms with Crippen molar-refractivity contribution in [2.45, 2.75) is 6.42 Å². The first-order chi connectivity index (χ1) is 9.04. The molecule has 1 aromatic rings. The fourth-order valence-corrected chi connectivity index (χ4v) is 2.30. The zero-order valence-electron chi connectivity index (χ0n) is 10.9. The number of aliphatic carboxylic acids is 1. The van der Waals surface area contributed by atoms with Crippen molar-refractivity contribution in [3.63, 3.8) is 0 Å². The molecule has 5 nitrogen and oxygen atoms in total. The lowest BCUT2D eigenvalue weighted by Crippen LogP contribution is -2.44. The largest absolute Gasteiger partial charge is 0.480 e. The van der Waals surface area contributed by atoms with Gasteiger partial charge in [0, 0.05) is 25.0 Å². The number of likely N-dealkylation sites (N-methyl/N-ethyl adjacent to an activating group) is 1. The van der Waals surface area contributed by atoms with Crippen molar-refractivity contribution in [2.75, 3.05) is 26.7 Å². The highest BCUT2D eigenvalue weighted by atomic mass is 32.1. The van der Waals surface area contributed by atoms with E-state index in [4.69, 9.17) is 5.11 Å². The number of carboxylic acids is 1. The molecule has 1 rings (SSSR count). The predicted molar refractivity (Wildman–Crippen MR) is 75.5 cm³/mol. The quantitative estimate of drug-likeness (QED) is 0.777. The van der Waals surface area contributed by atoms with Crippen molar-refractivity contribution in [3.05, 3.63) is 35.0 Å². The lowest BCUT2D eigenvalue weighted by molar-refractivity contribution is -0.137. The maximum atomic E-state index is 12.1. The first-order valence-electron chi connectivity index (χ1n) is 5.89. The third kappa shape index (κ3) is 5.13. The third-order valence-electron chi connectivity index (χ3n) is 2.55. The summed E-state index contributed by atoms with van der Waals surface area (Å²) in [7, 11) is 1.67. The number of thiophene rings is 1. The normalized spacial score (nSPS) is 9.95. The van der Waals surface area contributed by atoms with E-state index < -0.39 is 5.97 Å². The molecular formula is C13H18N2O3S.